The zero-order valence-corrected chi connectivity index (χ0v) is 16.4. The molecule has 0 saturated carbocycles. The number of imidazole rings is 1. The minimum Gasteiger partial charge on any atom is -0.481 e. The van der Waals surface area contributed by atoms with Crippen molar-refractivity contribution in [2.45, 2.75) is 31.9 Å². The predicted molar refractivity (Wildman–Crippen MR) is 106 cm³/mol. The molecule has 0 aliphatic heterocycles. The lowest BCUT2D eigenvalue weighted by atomic mass is 10.0. The number of carboxylic acids is 1. The number of aliphatic carboxylic acids is 1. The molecule has 6 nitrogen and oxygen atoms in total. The Hall–Kier alpha value is -2.22. The van der Waals surface area contributed by atoms with Gasteiger partial charge in [0.25, 0.3) is 0 Å². The highest BCUT2D eigenvalue weighted by Crippen LogP contribution is 2.29. The van der Waals surface area contributed by atoms with Crippen LogP contribution in [0.5, 0.6) is 0 Å². The average Bonchev–Trinajstić information content (AvgIpc) is 2.98. The highest BCUT2D eigenvalue weighted by atomic mass is 35.5. The first-order chi connectivity index (χ1) is 12.8. The number of nitrogens with zero attached hydrogens (tertiary/aromatic N) is 2. The summed E-state index contributed by atoms with van der Waals surface area (Å²) in [6, 6.07) is 10.8. The summed E-state index contributed by atoms with van der Waals surface area (Å²) in [6.45, 7) is 3.64. The van der Waals surface area contributed by atoms with E-state index in [1.807, 2.05) is 23.6 Å². The fraction of sp³-hybridized carbons (Fsp3) is 0.263. The number of benzene rings is 2. The minimum absolute atomic E-state index is 0.0507. The van der Waals surface area contributed by atoms with E-state index >= 15 is 0 Å². The quantitative estimate of drug-likeness (QED) is 0.600. The van der Waals surface area contributed by atoms with E-state index in [1.165, 1.54) is 0 Å². The highest BCUT2D eigenvalue weighted by Gasteiger charge is 2.17. The second-order valence-corrected chi connectivity index (χ2v) is 7.61. The maximum absolute atomic E-state index is 11.2. The lowest BCUT2D eigenvalue weighted by molar-refractivity contribution is -0.138. The highest BCUT2D eigenvalue weighted by molar-refractivity contribution is 7.78. The number of fused-ring (bicyclic) bond motifs is 1. The van der Waals surface area contributed by atoms with Crippen LogP contribution in [0.4, 0.5) is 0 Å². The number of hydrogen-bond donors (Lipinski definition) is 2. The summed E-state index contributed by atoms with van der Waals surface area (Å²) < 4.78 is 22.2. The first-order valence-corrected chi connectivity index (χ1v) is 10.1. The molecule has 2 atom stereocenters. The van der Waals surface area contributed by atoms with Gasteiger partial charge in [0.1, 0.15) is 5.82 Å². The molecule has 27 heavy (non-hydrogen) atoms. The molecule has 2 unspecified atom stereocenters. The SMILES string of the molecule is CCc1nc2cc(CS(=O)O)c(Cl)cc2n1-c1ccc(C(C)C(=O)O)cc1. The van der Waals surface area contributed by atoms with Crippen molar-refractivity contribution in [1.82, 2.24) is 9.55 Å². The Labute approximate surface area is 164 Å². The lowest BCUT2D eigenvalue weighted by Crippen LogP contribution is -2.07. The van der Waals surface area contributed by atoms with Crippen molar-refractivity contribution in [2.75, 3.05) is 0 Å². The molecule has 2 aromatic carbocycles. The van der Waals surface area contributed by atoms with Gasteiger partial charge in [-0.05, 0) is 42.3 Å². The average molecular weight is 407 g/mol. The second-order valence-electron chi connectivity index (χ2n) is 6.27. The van der Waals surface area contributed by atoms with Crippen molar-refractivity contribution in [3.05, 3.63) is 58.4 Å². The van der Waals surface area contributed by atoms with Gasteiger partial charge in [0.05, 0.1) is 22.7 Å². The Morgan fingerprint density at radius 1 is 1.30 bits per heavy atom. The topological polar surface area (TPSA) is 92.4 Å². The third kappa shape index (κ3) is 3.90. The van der Waals surface area contributed by atoms with E-state index in [4.69, 9.17) is 21.3 Å². The minimum atomic E-state index is -1.98. The summed E-state index contributed by atoms with van der Waals surface area (Å²) in [5.41, 5.74) is 3.63. The standard InChI is InChI=1S/C19H19ClN2O4S/c1-3-18-21-16-8-13(10-27(25)26)15(20)9-17(16)22(18)14-6-4-12(5-7-14)11(2)19(23)24/h4-9,11H,3,10H2,1-2H3,(H,23,24)(H,25,26). The number of halogens is 1. The summed E-state index contributed by atoms with van der Waals surface area (Å²) in [5.74, 6) is -0.682. The van der Waals surface area contributed by atoms with Crippen molar-refractivity contribution in [3.8, 4) is 5.69 Å². The zero-order chi connectivity index (χ0) is 19.7. The number of aromatic nitrogens is 2. The fourth-order valence-corrected chi connectivity index (χ4v) is 3.82. The van der Waals surface area contributed by atoms with Gasteiger partial charge in [0, 0.05) is 17.1 Å². The Morgan fingerprint density at radius 2 is 1.96 bits per heavy atom. The van der Waals surface area contributed by atoms with E-state index in [2.05, 4.69) is 4.98 Å². The van der Waals surface area contributed by atoms with E-state index in [0.717, 1.165) is 22.6 Å². The van der Waals surface area contributed by atoms with Gasteiger partial charge < -0.3 is 9.66 Å². The summed E-state index contributed by atoms with van der Waals surface area (Å²) in [7, 11) is 0. The number of aryl methyl sites for hydroxylation is 1. The van der Waals surface area contributed by atoms with Crippen LogP contribution in [-0.2, 0) is 28.0 Å². The molecule has 0 amide bonds. The molecule has 3 rings (SSSR count). The predicted octanol–water partition coefficient (Wildman–Crippen LogP) is 4.15. The Morgan fingerprint density at radius 3 is 2.52 bits per heavy atom. The number of rotatable bonds is 6. The van der Waals surface area contributed by atoms with Crippen LogP contribution >= 0.6 is 11.6 Å². The molecular formula is C19H19ClN2O4S. The Balaban J connectivity index is 2.11. The maximum atomic E-state index is 11.2. The first-order valence-electron chi connectivity index (χ1n) is 8.42. The van der Waals surface area contributed by atoms with E-state index in [9.17, 15) is 9.00 Å². The molecule has 0 aliphatic rings. The first kappa shape index (κ1) is 19.5. The summed E-state index contributed by atoms with van der Waals surface area (Å²) in [5, 5.41) is 9.57. The van der Waals surface area contributed by atoms with Crippen LogP contribution in [0.15, 0.2) is 36.4 Å². The van der Waals surface area contributed by atoms with Gasteiger partial charge in [-0.25, -0.2) is 9.19 Å². The van der Waals surface area contributed by atoms with Crippen molar-refractivity contribution in [3.63, 3.8) is 0 Å². The molecule has 3 aromatic rings. The van der Waals surface area contributed by atoms with Crippen LogP contribution < -0.4 is 0 Å². The molecule has 0 radical (unpaired) electrons. The summed E-state index contributed by atoms with van der Waals surface area (Å²) in [6.07, 6.45) is 0.681. The zero-order valence-electron chi connectivity index (χ0n) is 14.8. The van der Waals surface area contributed by atoms with E-state index in [0.29, 0.717) is 22.5 Å². The third-order valence-electron chi connectivity index (χ3n) is 4.51. The van der Waals surface area contributed by atoms with Crippen molar-refractivity contribution in [2.24, 2.45) is 0 Å². The van der Waals surface area contributed by atoms with Crippen LogP contribution in [0.2, 0.25) is 5.02 Å². The molecule has 8 heteroatoms. The van der Waals surface area contributed by atoms with Crippen molar-refractivity contribution >= 4 is 39.7 Å². The molecule has 0 aliphatic carbocycles. The largest absolute Gasteiger partial charge is 0.481 e. The molecule has 0 fully saturated rings. The van der Waals surface area contributed by atoms with Gasteiger partial charge >= 0.3 is 5.97 Å². The smallest absolute Gasteiger partial charge is 0.310 e. The summed E-state index contributed by atoms with van der Waals surface area (Å²) in [4.78, 5) is 15.8. The van der Waals surface area contributed by atoms with Crippen molar-refractivity contribution in [1.29, 1.82) is 0 Å². The normalized spacial score (nSPS) is 13.6. The molecule has 0 bridgehead atoms. The van der Waals surface area contributed by atoms with Crippen LogP contribution in [-0.4, -0.2) is 29.4 Å². The van der Waals surface area contributed by atoms with Crippen LogP contribution in [0, 0.1) is 0 Å². The van der Waals surface area contributed by atoms with Gasteiger partial charge in [-0.15, -0.1) is 0 Å². The van der Waals surface area contributed by atoms with Crippen LogP contribution in [0.3, 0.4) is 0 Å². The molecule has 1 heterocycles. The van der Waals surface area contributed by atoms with E-state index in [1.54, 1.807) is 31.2 Å². The maximum Gasteiger partial charge on any atom is 0.310 e. The fourth-order valence-electron chi connectivity index (χ4n) is 3.01. The molecule has 0 spiro atoms. The van der Waals surface area contributed by atoms with Crippen molar-refractivity contribution < 1.29 is 18.7 Å². The number of hydrogen-bond acceptors (Lipinski definition) is 3. The van der Waals surface area contributed by atoms with Gasteiger partial charge in [-0.1, -0.05) is 30.7 Å². The van der Waals surface area contributed by atoms with Crippen LogP contribution in [0.25, 0.3) is 16.7 Å². The monoisotopic (exact) mass is 406 g/mol. The molecule has 0 saturated heterocycles. The Bertz CT molecular complexity index is 1030. The third-order valence-corrected chi connectivity index (χ3v) is 5.42. The lowest BCUT2D eigenvalue weighted by Gasteiger charge is -2.12. The van der Waals surface area contributed by atoms with E-state index < -0.39 is 23.0 Å². The molecule has 2 N–H and O–H groups in total. The molecular weight excluding hydrogens is 388 g/mol. The van der Waals surface area contributed by atoms with Gasteiger partial charge in [0.15, 0.2) is 11.1 Å². The Kier molecular flexibility index (Phi) is 5.64. The molecule has 1 aromatic heterocycles. The van der Waals surface area contributed by atoms with Gasteiger partial charge in [-0.2, -0.15) is 0 Å². The molecule has 142 valence electrons. The van der Waals surface area contributed by atoms with Gasteiger partial charge in [-0.3, -0.25) is 9.36 Å². The van der Waals surface area contributed by atoms with Crippen LogP contribution in [0.1, 0.15) is 36.7 Å². The number of carboxylic acid groups (broad SMARTS) is 1. The number of carbonyl (C=O) groups is 1. The van der Waals surface area contributed by atoms with E-state index in [-0.39, 0.29) is 5.75 Å². The van der Waals surface area contributed by atoms with Gasteiger partial charge in [0.2, 0.25) is 0 Å². The second kappa shape index (κ2) is 7.80. The summed E-state index contributed by atoms with van der Waals surface area (Å²) >= 11 is 4.32.